The Labute approximate surface area is 96.4 Å². The van der Waals surface area contributed by atoms with Crippen molar-refractivity contribution in [3.8, 4) is 12.3 Å². The fourth-order valence-corrected chi connectivity index (χ4v) is 2.49. The SMILES string of the molecule is C#CCN1C(=O)Cc2cccc(I)c21. The Morgan fingerprint density at radius 1 is 1.57 bits per heavy atom. The van der Waals surface area contributed by atoms with E-state index in [1.807, 2.05) is 18.2 Å². The molecule has 2 rings (SSSR count). The van der Waals surface area contributed by atoms with Gasteiger partial charge in [0, 0.05) is 3.57 Å². The van der Waals surface area contributed by atoms with Crippen molar-refractivity contribution in [1.82, 2.24) is 0 Å². The molecular weight excluding hydrogens is 289 g/mol. The quantitative estimate of drug-likeness (QED) is 0.572. The number of nitrogens with zero attached hydrogens (tertiary/aromatic N) is 1. The molecule has 1 aromatic rings. The molecule has 1 aromatic carbocycles. The fourth-order valence-electron chi connectivity index (χ4n) is 1.65. The number of rotatable bonds is 1. The first-order valence-corrected chi connectivity index (χ1v) is 5.33. The predicted molar refractivity (Wildman–Crippen MR) is 64.0 cm³/mol. The Morgan fingerprint density at radius 2 is 2.36 bits per heavy atom. The number of fused-ring (bicyclic) bond motifs is 1. The molecule has 1 heterocycles. The number of hydrogen-bond acceptors (Lipinski definition) is 1. The average molecular weight is 297 g/mol. The molecule has 0 atom stereocenters. The maximum atomic E-state index is 11.6. The van der Waals surface area contributed by atoms with Crippen molar-refractivity contribution in [2.45, 2.75) is 6.42 Å². The normalized spacial score (nSPS) is 14.0. The summed E-state index contributed by atoms with van der Waals surface area (Å²) in [5.41, 5.74) is 2.08. The van der Waals surface area contributed by atoms with Gasteiger partial charge in [-0.15, -0.1) is 6.42 Å². The molecule has 14 heavy (non-hydrogen) atoms. The van der Waals surface area contributed by atoms with Gasteiger partial charge in [0.1, 0.15) is 0 Å². The monoisotopic (exact) mass is 297 g/mol. The van der Waals surface area contributed by atoms with Crippen molar-refractivity contribution in [1.29, 1.82) is 0 Å². The molecule has 0 radical (unpaired) electrons. The smallest absolute Gasteiger partial charge is 0.232 e. The predicted octanol–water partition coefficient (Wildman–Crippen LogP) is 1.81. The van der Waals surface area contributed by atoms with Crippen LogP contribution in [0.25, 0.3) is 0 Å². The first kappa shape index (κ1) is 9.53. The minimum atomic E-state index is 0.0991. The number of carbonyl (C=O) groups excluding carboxylic acids is 1. The van der Waals surface area contributed by atoms with E-state index in [2.05, 4.69) is 28.5 Å². The Bertz CT molecular complexity index is 433. The maximum Gasteiger partial charge on any atom is 0.232 e. The topological polar surface area (TPSA) is 20.3 Å². The highest BCUT2D eigenvalue weighted by atomic mass is 127. The van der Waals surface area contributed by atoms with Crippen molar-refractivity contribution < 1.29 is 4.79 Å². The van der Waals surface area contributed by atoms with E-state index in [1.165, 1.54) is 0 Å². The number of halogens is 1. The van der Waals surface area contributed by atoms with Crippen LogP contribution >= 0.6 is 22.6 Å². The highest BCUT2D eigenvalue weighted by Gasteiger charge is 2.27. The molecule has 0 bridgehead atoms. The molecule has 1 aliphatic rings. The first-order valence-electron chi connectivity index (χ1n) is 4.25. The Kier molecular flexibility index (Phi) is 2.46. The van der Waals surface area contributed by atoms with Crippen LogP contribution in [0.3, 0.4) is 0 Å². The number of hydrogen-bond donors (Lipinski definition) is 0. The molecule has 0 saturated carbocycles. The van der Waals surface area contributed by atoms with Gasteiger partial charge in [-0.2, -0.15) is 0 Å². The Morgan fingerprint density at radius 3 is 3.07 bits per heavy atom. The Hall–Kier alpha value is -1.02. The van der Waals surface area contributed by atoms with Crippen molar-refractivity contribution >= 4 is 34.2 Å². The van der Waals surface area contributed by atoms with E-state index >= 15 is 0 Å². The molecule has 1 amide bonds. The summed E-state index contributed by atoms with van der Waals surface area (Å²) in [7, 11) is 0. The molecule has 0 saturated heterocycles. The highest BCUT2D eigenvalue weighted by Crippen LogP contribution is 2.32. The maximum absolute atomic E-state index is 11.6. The molecule has 0 fully saturated rings. The third-order valence-electron chi connectivity index (χ3n) is 2.23. The molecule has 0 unspecified atom stereocenters. The molecule has 3 heteroatoms. The van der Waals surface area contributed by atoms with Crippen LogP contribution in [0.4, 0.5) is 5.69 Å². The van der Waals surface area contributed by atoms with Crippen LogP contribution in [-0.4, -0.2) is 12.5 Å². The second-order valence-corrected chi connectivity index (χ2v) is 4.27. The minimum absolute atomic E-state index is 0.0991. The van der Waals surface area contributed by atoms with Crippen molar-refractivity contribution in [2.24, 2.45) is 0 Å². The molecule has 0 aromatic heterocycles. The van der Waals surface area contributed by atoms with Gasteiger partial charge in [-0.1, -0.05) is 18.1 Å². The lowest BCUT2D eigenvalue weighted by Crippen LogP contribution is -2.27. The zero-order valence-corrected chi connectivity index (χ0v) is 9.61. The molecule has 0 N–H and O–H groups in total. The van der Waals surface area contributed by atoms with E-state index in [0.717, 1.165) is 14.8 Å². The van der Waals surface area contributed by atoms with Gasteiger partial charge in [0.15, 0.2) is 0 Å². The summed E-state index contributed by atoms with van der Waals surface area (Å²) in [6.07, 6.45) is 5.71. The number of anilines is 1. The highest BCUT2D eigenvalue weighted by molar-refractivity contribution is 14.1. The van der Waals surface area contributed by atoms with Crippen LogP contribution in [-0.2, 0) is 11.2 Å². The zero-order valence-electron chi connectivity index (χ0n) is 7.46. The second-order valence-electron chi connectivity index (χ2n) is 3.11. The van der Waals surface area contributed by atoms with Crippen molar-refractivity contribution in [3.63, 3.8) is 0 Å². The van der Waals surface area contributed by atoms with Gasteiger partial charge >= 0.3 is 0 Å². The number of amides is 1. The van der Waals surface area contributed by atoms with E-state index < -0.39 is 0 Å². The van der Waals surface area contributed by atoms with E-state index in [4.69, 9.17) is 6.42 Å². The second kappa shape index (κ2) is 3.62. The molecule has 0 spiro atoms. The van der Waals surface area contributed by atoms with Crippen molar-refractivity contribution in [2.75, 3.05) is 11.4 Å². The summed E-state index contributed by atoms with van der Waals surface area (Å²) in [6.45, 7) is 0.367. The van der Waals surface area contributed by atoms with Gasteiger partial charge < -0.3 is 0 Å². The summed E-state index contributed by atoms with van der Waals surface area (Å²) < 4.78 is 1.08. The zero-order chi connectivity index (χ0) is 10.1. The van der Waals surface area contributed by atoms with E-state index in [0.29, 0.717) is 13.0 Å². The lowest BCUT2D eigenvalue weighted by Gasteiger charge is -2.15. The summed E-state index contributed by atoms with van der Waals surface area (Å²) in [5.74, 6) is 2.61. The van der Waals surface area contributed by atoms with Gasteiger partial charge in [0.2, 0.25) is 5.91 Å². The third kappa shape index (κ3) is 1.40. The van der Waals surface area contributed by atoms with Crippen LogP contribution in [0.1, 0.15) is 5.56 Å². The van der Waals surface area contributed by atoms with E-state index in [1.54, 1.807) is 4.90 Å². The van der Waals surface area contributed by atoms with Crippen LogP contribution in [0.15, 0.2) is 18.2 Å². The summed E-state index contributed by atoms with van der Waals surface area (Å²) in [6, 6.07) is 5.93. The van der Waals surface area contributed by atoms with Crippen LogP contribution in [0.2, 0.25) is 0 Å². The molecular formula is C11H8INO. The van der Waals surface area contributed by atoms with Gasteiger partial charge in [-0.3, -0.25) is 9.69 Å². The summed E-state index contributed by atoms with van der Waals surface area (Å²) in [5, 5.41) is 0. The third-order valence-corrected chi connectivity index (χ3v) is 3.10. The van der Waals surface area contributed by atoms with Crippen LogP contribution in [0, 0.1) is 15.9 Å². The minimum Gasteiger partial charge on any atom is -0.299 e. The summed E-state index contributed by atoms with van der Waals surface area (Å²) >= 11 is 2.23. The Balaban J connectivity index is 2.51. The van der Waals surface area contributed by atoms with Gasteiger partial charge in [-0.05, 0) is 34.2 Å². The average Bonchev–Trinajstić information content (AvgIpc) is 2.45. The number of benzene rings is 1. The van der Waals surface area contributed by atoms with E-state index in [9.17, 15) is 4.79 Å². The van der Waals surface area contributed by atoms with E-state index in [-0.39, 0.29) is 5.91 Å². The van der Waals surface area contributed by atoms with Gasteiger partial charge in [-0.25, -0.2) is 0 Å². The molecule has 1 aliphatic heterocycles. The largest absolute Gasteiger partial charge is 0.299 e. The van der Waals surface area contributed by atoms with Crippen molar-refractivity contribution in [3.05, 3.63) is 27.3 Å². The molecule has 2 nitrogen and oxygen atoms in total. The van der Waals surface area contributed by atoms with Gasteiger partial charge in [0.25, 0.3) is 0 Å². The molecule has 70 valence electrons. The first-order chi connectivity index (χ1) is 6.74. The number of carbonyl (C=O) groups is 1. The fraction of sp³-hybridized carbons (Fsp3) is 0.182. The lowest BCUT2D eigenvalue weighted by molar-refractivity contribution is -0.117. The number of terminal acetylenes is 1. The standard InChI is InChI=1S/C11H8INO/c1-2-6-13-10(14)7-8-4-3-5-9(12)11(8)13/h1,3-5H,6-7H2. The van der Waals surface area contributed by atoms with Gasteiger partial charge in [0.05, 0.1) is 18.7 Å². The number of para-hydroxylation sites is 1. The summed E-state index contributed by atoms with van der Waals surface area (Å²) in [4.78, 5) is 13.3. The lowest BCUT2D eigenvalue weighted by atomic mass is 10.2. The molecule has 0 aliphatic carbocycles. The van der Waals surface area contributed by atoms with Crippen LogP contribution in [0.5, 0.6) is 0 Å². The van der Waals surface area contributed by atoms with Crippen LogP contribution < -0.4 is 4.90 Å².